The zero-order chi connectivity index (χ0) is 17.4. The van der Waals surface area contributed by atoms with Crippen LogP contribution in [0.3, 0.4) is 0 Å². The third-order valence-electron chi connectivity index (χ3n) is 5.25. The van der Waals surface area contributed by atoms with Crippen LogP contribution in [-0.2, 0) is 4.79 Å². The molecule has 1 aliphatic heterocycles. The predicted octanol–water partition coefficient (Wildman–Crippen LogP) is 2.52. The van der Waals surface area contributed by atoms with Crippen LogP contribution in [0.5, 0.6) is 0 Å². The highest BCUT2D eigenvalue weighted by molar-refractivity contribution is 5.77. The number of piperidine rings is 1. The molecule has 2 fully saturated rings. The molecular weight excluding hydrogens is 316 g/mol. The molecule has 0 bridgehead atoms. The lowest BCUT2D eigenvalue weighted by Crippen LogP contribution is -2.38. The fourth-order valence-electron chi connectivity index (χ4n) is 3.68. The van der Waals surface area contributed by atoms with Gasteiger partial charge in [0.25, 0.3) is 0 Å². The average Bonchev–Trinajstić information content (AvgIpc) is 3.34. The monoisotopic (exact) mass is 336 g/mol. The maximum Gasteiger partial charge on any atom is 0.234 e. The first kappa shape index (κ1) is 15.7. The maximum atomic E-state index is 11.3. The number of oxazole rings is 1. The number of nitrogens with zero attached hydrogens (tertiary/aromatic N) is 3. The van der Waals surface area contributed by atoms with Crippen molar-refractivity contribution in [3.8, 4) is 6.07 Å². The third-order valence-corrected chi connectivity index (χ3v) is 5.25. The molecule has 0 radical (unpaired) electrons. The number of nitrogens with two attached hydrogens (primary N) is 1. The second-order valence-corrected chi connectivity index (χ2v) is 6.84. The summed E-state index contributed by atoms with van der Waals surface area (Å²) in [5.74, 6) is 1.51. The Bertz CT molecular complexity index is 816. The van der Waals surface area contributed by atoms with Gasteiger partial charge in [-0.2, -0.15) is 5.26 Å². The van der Waals surface area contributed by atoms with E-state index in [1.807, 2.05) is 23.1 Å². The van der Waals surface area contributed by atoms with E-state index in [4.69, 9.17) is 10.2 Å². The van der Waals surface area contributed by atoms with Crippen LogP contribution in [0.25, 0.3) is 0 Å². The van der Waals surface area contributed by atoms with E-state index in [1.54, 1.807) is 0 Å². The third kappa shape index (κ3) is 2.98. The molecule has 1 aromatic carbocycles. The Balaban J connectivity index is 1.50. The van der Waals surface area contributed by atoms with Crippen molar-refractivity contribution < 1.29 is 9.21 Å². The molecule has 128 valence electrons. The molecule has 4 rings (SSSR count). The van der Waals surface area contributed by atoms with Crippen LogP contribution in [0, 0.1) is 17.2 Å². The van der Waals surface area contributed by atoms with Gasteiger partial charge in [-0.3, -0.25) is 4.79 Å². The van der Waals surface area contributed by atoms with E-state index in [0.717, 1.165) is 6.42 Å². The van der Waals surface area contributed by atoms with Gasteiger partial charge in [-0.25, -0.2) is 4.98 Å². The Kier molecular flexibility index (Phi) is 3.92. The number of carbonyl (C=O) groups excluding carboxylic acids is 1. The van der Waals surface area contributed by atoms with Crippen LogP contribution in [0.15, 0.2) is 34.7 Å². The van der Waals surface area contributed by atoms with Crippen LogP contribution >= 0.6 is 0 Å². The number of rotatable bonds is 4. The summed E-state index contributed by atoms with van der Waals surface area (Å²) < 4.78 is 5.99. The molecule has 0 unspecified atom stereocenters. The highest BCUT2D eigenvalue weighted by atomic mass is 16.4. The summed E-state index contributed by atoms with van der Waals surface area (Å²) in [6, 6.07) is 12.5. The van der Waals surface area contributed by atoms with Crippen LogP contribution in [0.1, 0.15) is 48.2 Å². The second kappa shape index (κ2) is 6.25. The van der Waals surface area contributed by atoms with Gasteiger partial charge < -0.3 is 15.1 Å². The Morgan fingerprint density at radius 2 is 1.96 bits per heavy atom. The molecule has 1 saturated heterocycles. The minimum Gasteiger partial charge on any atom is -0.423 e. The van der Waals surface area contributed by atoms with E-state index in [9.17, 15) is 10.1 Å². The first-order chi connectivity index (χ1) is 12.2. The summed E-state index contributed by atoms with van der Waals surface area (Å²) in [5, 5.41) is 9.41. The molecule has 0 spiro atoms. The van der Waals surface area contributed by atoms with E-state index in [0.29, 0.717) is 49.3 Å². The Labute approximate surface area is 146 Å². The smallest absolute Gasteiger partial charge is 0.234 e. The van der Waals surface area contributed by atoms with Gasteiger partial charge in [0.2, 0.25) is 23.4 Å². The Hall–Kier alpha value is -2.81. The lowest BCUT2D eigenvalue weighted by Gasteiger charge is -2.30. The number of primary amides is 1. The molecule has 6 nitrogen and oxygen atoms in total. The number of amides is 1. The highest BCUT2D eigenvalue weighted by Crippen LogP contribution is 2.54. The van der Waals surface area contributed by atoms with Crippen LogP contribution in [0.2, 0.25) is 0 Å². The Morgan fingerprint density at radius 1 is 1.24 bits per heavy atom. The van der Waals surface area contributed by atoms with Crippen molar-refractivity contribution in [2.45, 2.75) is 31.1 Å². The number of carbonyl (C=O) groups is 1. The summed E-state index contributed by atoms with van der Waals surface area (Å²) in [6.45, 7) is 1.31. The van der Waals surface area contributed by atoms with Crippen LogP contribution in [0.4, 0.5) is 5.88 Å². The maximum absolute atomic E-state index is 11.3. The van der Waals surface area contributed by atoms with Crippen molar-refractivity contribution in [2.24, 2.45) is 11.7 Å². The number of hydrogen-bond acceptors (Lipinski definition) is 5. The summed E-state index contributed by atoms with van der Waals surface area (Å²) in [7, 11) is 0. The average molecular weight is 336 g/mol. The normalized spacial score (nSPS) is 23.2. The van der Waals surface area contributed by atoms with Crippen molar-refractivity contribution in [3.63, 3.8) is 0 Å². The largest absolute Gasteiger partial charge is 0.423 e. The van der Waals surface area contributed by atoms with Gasteiger partial charge in [-0.1, -0.05) is 30.3 Å². The highest BCUT2D eigenvalue weighted by Gasteiger charge is 2.44. The van der Waals surface area contributed by atoms with Gasteiger partial charge in [0.15, 0.2) is 0 Å². The molecule has 2 atom stereocenters. The van der Waals surface area contributed by atoms with E-state index in [2.05, 4.69) is 23.2 Å². The molecule has 2 N–H and O–H groups in total. The molecule has 2 aromatic rings. The zero-order valence-electron chi connectivity index (χ0n) is 13.9. The number of anilines is 1. The van der Waals surface area contributed by atoms with Gasteiger partial charge in [-0.15, -0.1) is 0 Å². The van der Waals surface area contributed by atoms with Gasteiger partial charge in [0.1, 0.15) is 6.07 Å². The number of benzene rings is 1. The summed E-state index contributed by atoms with van der Waals surface area (Å²) >= 11 is 0. The SMILES string of the molecule is N#Cc1nc([C@@H]2C[C@H]2c2ccccc2)oc1N1CCC(C(N)=O)CC1. The first-order valence-corrected chi connectivity index (χ1v) is 8.67. The van der Waals surface area contributed by atoms with Crippen molar-refractivity contribution in [1.82, 2.24) is 4.98 Å². The van der Waals surface area contributed by atoms with E-state index >= 15 is 0 Å². The Morgan fingerprint density at radius 3 is 2.60 bits per heavy atom. The van der Waals surface area contributed by atoms with Gasteiger partial charge in [-0.05, 0) is 30.7 Å². The fraction of sp³-hybridized carbons (Fsp3) is 0.421. The van der Waals surface area contributed by atoms with E-state index in [-0.39, 0.29) is 17.7 Å². The van der Waals surface area contributed by atoms with Crippen molar-refractivity contribution in [1.29, 1.82) is 5.26 Å². The topological polar surface area (TPSA) is 96.2 Å². The molecular formula is C19H20N4O2. The molecule has 6 heteroatoms. The summed E-state index contributed by atoms with van der Waals surface area (Å²) in [4.78, 5) is 17.8. The zero-order valence-corrected chi connectivity index (χ0v) is 13.9. The first-order valence-electron chi connectivity index (χ1n) is 8.67. The summed E-state index contributed by atoms with van der Waals surface area (Å²) in [6.07, 6.45) is 2.37. The summed E-state index contributed by atoms with van der Waals surface area (Å²) in [5.41, 5.74) is 7.01. The second-order valence-electron chi connectivity index (χ2n) is 6.84. The van der Waals surface area contributed by atoms with Crippen LogP contribution < -0.4 is 10.6 Å². The predicted molar refractivity (Wildman–Crippen MR) is 91.9 cm³/mol. The lowest BCUT2D eigenvalue weighted by atomic mass is 9.96. The molecule has 25 heavy (non-hydrogen) atoms. The van der Waals surface area contributed by atoms with Crippen LogP contribution in [-0.4, -0.2) is 24.0 Å². The van der Waals surface area contributed by atoms with E-state index < -0.39 is 0 Å². The standard InChI is InChI=1S/C19H20N4O2/c20-11-16-19(23-8-6-13(7-9-23)17(21)24)25-18(22-16)15-10-14(15)12-4-2-1-3-5-12/h1-5,13-15H,6-10H2,(H2,21,24)/t14-,15+/m0/s1. The molecule has 1 aliphatic carbocycles. The quantitative estimate of drug-likeness (QED) is 0.925. The van der Waals surface area contributed by atoms with E-state index in [1.165, 1.54) is 5.56 Å². The molecule has 2 heterocycles. The number of nitriles is 1. The van der Waals surface area contributed by atoms with Gasteiger partial charge in [0.05, 0.1) is 0 Å². The van der Waals surface area contributed by atoms with Gasteiger partial charge in [0, 0.05) is 24.9 Å². The number of aromatic nitrogens is 1. The molecule has 2 aliphatic rings. The molecule has 1 saturated carbocycles. The lowest BCUT2D eigenvalue weighted by molar-refractivity contribution is -0.122. The number of hydrogen-bond donors (Lipinski definition) is 1. The van der Waals surface area contributed by atoms with Crippen molar-refractivity contribution >= 4 is 11.8 Å². The minimum absolute atomic E-state index is 0.0879. The van der Waals surface area contributed by atoms with Crippen molar-refractivity contribution in [2.75, 3.05) is 18.0 Å². The van der Waals surface area contributed by atoms with Gasteiger partial charge >= 0.3 is 0 Å². The fourth-order valence-corrected chi connectivity index (χ4v) is 3.68. The van der Waals surface area contributed by atoms with Crippen molar-refractivity contribution in [3.05, 3.63) is 47.5 Å². The molecule has 1 amide bonds. The minimum atomic E-state index is -0.248. The molecule has 1 aromatic heterocycles.